The number of amides is 2. The van der Waals surface area contributed by atoms with E-state index < -0.39 is 12.0 Å². The highest BCUT2D eigenvalue weighted by molar-refractivity contribution is 5.89. The standard InChI is InChI=1S/C16H18N4O3/c21-15(22)7-6-13(10-12-4-2-1-3-5-12)19-16(23)20-14-8-9-17-18-11-14/h1-5,8-9,11,13H,6-7,10H2,(H,21,22)(H2,17,19,20,23). The summed E-state index contributed by atoms with van der Waals surface area (Å²) in [7, 11) is 0. The SMILES string of the molecule is O=C(O)CCC(Cc1ccccc1)NC(=O)Nc1ccnnc1. The number of benzene rings is 1. The van der Waals surface area contributed by atoms with Gasteiger partial charge in [0.15, 0.2) is 0 Å². The van der Waals surface area contributed by atoms with Crippen molar-refractivity contribution in [1.82, 2.24) is 15.5 Å². The van der Waals surface area contributed by atoms with Crippen LogP contribution in [0.2, 0.25) is 0 Å². The Morgan fingerprint density at radius 2 is 1.91 bits per heavy atom. The lowest BCUT2D eigenvalue weighted by Crippen LogP contribution is -2.39. The van der Waals surface area contributed by atoms with E-state index >= 15 is 0 Å². The van der Waals surface area contributed by atoms with Crippen molar-refractivity contribution < 1.29 is 14.7 Å². The van der Waals surface area contributed by atoms with Crippen LogP contribution < -0.4 is 10.6 Å². The average Bonchev–Trinajstić information content (AvgIpc) is 2.54. The summed E-state index contributed by atoms with van der Waals surface area (Å²) in [6, 6.07) is 10.6. The van der Waals surface area contributed by atoms with E-state index in [4.69, 9.17) is 5.11 Å². The maximum Gasteiger partial charge on any atom is 0.319 e. The number of carbonyl (C=O) groups is 2. The Labute approximate surface area is 133 Å². The van der Waals surface area contributed by atoms with Gasteiger partial charge >= 0.3 is 12.0 Å². The van der Waals surface area contributed by atoms with Crippen molar-refractivity contribution >= 4 is 17.7 Å². The number of nitrogens with one attached hydrogen (secondary N) is 2. The fourth-order valence-electron chi connectivity index (χ4n) is 2.14. The minimum Gasteiger partial charge on any atom is -0.481 e. The van der Waals surface area contributed by atoms with Crippen molar-refractivity contribution in [3.05, 3.63) is 54.4 Å². The zero-order valence-electron chi connectivity index (χ0n) is 12.5. The van der Waals surface area contributed by atoms with Crippen LogP contribution in [0, 0.1) is 0 Å². The molecule has 1 unspecified atom stereocenters. The third-order valence-electron chi connectivity index (χ3n) is 3.21. The molecule has 2 rings (SSSR count). The van der Waals surface area contributed by atoms with E-state index in [-0.39, 0.29) is 12.5 Å². The molecule has 7 nitrogen and oxygen atoms in total. The molecule has 7 heteroatoms. The molecule has 0 aliphatic heterocycles. The minimum atomic E-state index is -0.886. The molecule has 0 aliphatic carbocycles. The summed E-state index contributed by atoms with van der Waals surface area (Å²) in [5.74, 6) is -0.886. The number of hydrogen-bond acceptors (Lipinski definition) is 4. The Bertz CT molecular complexity index is 634. The van der Waals surface area contributed by atoms with Crippen LogP contribution in [0.1, 0.15) is 18.4 Å². The number of urea groups is 1. The molecule has 0 spiro atoms. The normalized spacial score (nSPS) is 11.5. The summed E-state index contributed by atoms with van der Waals surface area (Å²) < 4.78 is 0. The molecule has 0 bridgehead atoms. The van der Waals surface area contributed by atoms with Gasteiger partial charge in [0.1, 0.15) is 0 Å². The molecule has 1 heterocycles. The van der Waals surface area contributed by atoms with Gasteiger partial charge < -0.3 is 15.7 Å². The first-order valence-corrected chi connectivity index (χ1v) is 7.23. The van der Waals surface area contributed by atoms with Crippen molar-refractivity contribution in [2.75, 3.05) is 5.32 Å². The fourth-order valence-corrected chi connectivity index (χ4v) is 2.14. The van der Waals surface area contributed by atoms with Gasteiger partial charge in [0.2, 0.25) is 0 Å². The Morgan fingerprint density at radius 3 is 2.57 bits per heavy atom. The molecule has 1 aromatic heterocycles. The highest BCUT2D eigenvalue weighted by Gasteiger charge is 2.15. The third kappa shape index (κ3) is 6.13. The molecular formula is C16H18N4O3. The minimum absolute atomic E-state index is 0.00536. The molecule has 2 aromatic rings. The predicted molar refractivity (Wildman–Crippen MR) is 85.0 cm³/mol. The first-order valence-electron chi connectivity index (χ1n) is 7.23. The van der Waals surface area contributed by atoms with Crippen molar-refractivity contribution in [2.24, 2.45) is 0 Å². The molecule has 2 amide bonds. The van der Waals surface area contributed by atoms with Crippen molar-refractivity contribution in [1.29, 1.82) is 0 Å². The van der Waals surface area contributed by atoms with E-state index in [1.165, 1.54) is 12.4 Å². The van der Waals surface area contributed by atoms with Crippen molar-refractivity contribution in [3.8, 4) is 0 Å². The van der Waals surface area contributed by atoms with Gasteiger partial charge in [0, 0.05) is 12.5 Å². The highest BCUT2D eigenvalue weighted by atomic mass is 16.4. The molecule has 120 valence electrons. The van der Waals surface area contributed by atoms with E-state index in [1.807, 2.05) is 30.3 Å². The Hall–Kier alpha value is -2.96. The average molecular weight is 314 g/mol. The quantitative estimate of drug-likeness (QED) is 0.726. The van der Waals surface area contributed by atoms with E-state index in [9.17, 15) is 9.59 Å². The van der Waals surface area contributed by atoms with Crippen LogP contribution in [-0.2, 0) is 11.2 Å². The number of aromatic nitrogens is 2. The summed E-state index contributed by atoms with van der Waals surface area (Å²) in [6.45, 7) is 0. The van der Waals surface area contributed by atoms with E-state index in [0.29, 0.717) is 18.5 Å². The summed E-state index contributed by atoms with van der Waals surface area (Å²) in [4.78, 5) is 22.8. The highest BCUT2D eigenvalue weighted by Crippen LogP contribution is 2.09. The first kappa shape index (κ1) is 16.4. The van der Waals surface area contributed by atoms with Crippen LogP contribution in [0.3, 0.4) is 0 Å². The fraction of sp³-hybridized carbons (Fsp3) is 0.250. The molecule has 0 aliphatic rings. The maximum atomic E-state index is 12.0. The number of carboxylic acid groups (broad SMARTS) is 1. The van der Waals surface area contributed by atoms with Gasteiger partial charge in [-0.2, -0.15) is 10.2 Å². The van der Waals surface area contributed by atoms with Gasteiger partial charge in [-0.15, -0.1) is 0 Å². The molecule has 0 radical (unpaired) electrons. The summed E-state index contributed by atoms with van der Waals surface area (Å²) in [6.07, 6.45) is 3.82. The molecule has 3 N–H and O–H groups in total. The smallest absolute Gasteiger partial charge is 0.319 e. The Balaban J connectivity index is 1.95. The predicted octanol–water partition coefficient (Wildman–Crippen LogP) is 2.07. The lowest BCUT2D eigenvalue weighted by molar-refractivity contribution is -0.137. The molecule has 1 atom stereocenters. The van der Waals surface area contributed by atoms with Gasteiger partial charge in [-0.1, -0.05) is 30.3 Å². The van der Waals surface area contributed by atoms with E-state index in [1.54, 1.807) is 6.07 Å². The molecule has 0 fully saturated rings. The molecule has 0 saturated carbocycles. The van der Waals surface area contributed by atoms with Gasteiger partial charge in [-0.25, -0.2) is 4.79 Å². The number of hydrogen-bond donors (Lipinski definition) is 3. The second-order valence-corrected chi connectivity index (χ2v) is 5.05. The zero-order valence-corrected chi connectivity index (χ0v) is 12.5. The van der Waals surface area contributed by atoms with Gasteiger partial charge in [0.05, 0.1) is 18.1 Å². The molecule has 0 saturated heterocycles. The van der Waals surface area contributed by atoms with Crippen LogP contribution in [-0.4, -0.2) is 33.3 Å². The number of aliphatic carboxylic acids is 1. The van der Waals surface area contributed by atoms with Crippen LogP contribution >= 0.6 is 0 Å². The van der Waals surface area contributed by atoms with Crippen molar-refractivity contribution in [3.63, 3.8) is 0 Å². The van der Waals surface area contributed by atoms with Crippen LogP contribution in [0.25, 0.3) is 0 Å². The zero-order chi connectivity index (χ0) is 16.5. The Morgan fingerprint density at radius 1 is 1.13 bits per heavy atom. The van der Waals surface area contributed by atoms with Gasteiger partial charge in [-0.3, -0.25) is 4.79 Å². The second kappa shape index (κ2) is 8.47. The number of anilines is 1. The van der Waals surface area contributed by atoms with Crippen LogP contribution in [0.15, 0.2) is 48.8 Å². The topological polar surface area (TPSA) is 104 Å². The van der Waals surface area contributed by atoms with E-state index in [2.05, 4.69) is 20.8 Å². The molecular weight excluding hydrogens is 296 g/mol. The maximum absolute atomic E-state index is 12.0. The molecule has 23 heavy (non-hydrogen) atoms. The number of nitrogens with zero attached hydrogens (tertiary/aromatic N) is 2. The van der Waals surface area contributed by atoms with Crippen LogP contribution in [0.5, 0.6) is 0 Å². The first-order chi connectivity index (χ1) is 11.1. The number of rotatable bonds is 7. The van der Waals surface area contributed by atoms with Crippen LogP contribution in [0.4, 0.5) is 10.5 Å². The largest absolute Gasteiger partial charge is 0.481 e. The van der Waals surface area contributed by atoms with Gasteiger partial charge in [-0.05, 0) is 24.5 Å². The number of carboxylic acids is 1. The second-order valence-electron chi connectivity index (χ2n) is 5.05. The summed E-state index contributed by atoms with van der Waals surface area (Å²) in [5.41, 5.74) is 1.56. The Kier molecular flexibility index (Phi) is 6.05. The lowest BCUT2D eigenvalue weighted by Gasteiger charge is -2.18. The summed E-state index contributed by atoms with van der Waals surface area (Å²) in [5, 5.41) is 21.6. The lowest BCUT2D eigenvalue weighted by atomic mass is 10.0. The summed E-state index contributed by atoms with van der Waals surface area (Å²) >= 11 is 0. The monoisotopic (exact) mass is 314 g/mol. The van der Waals surface area contributed by atoms with E-state index in [0.717, 1.165) is 5.56 Å². The van der Waals surface area contributed by atoms with Crippen molar-refractivity contribution in [2.45, 2.75) is 25.3 Å². The number of carbonyl (C=O) groups excluding carboxylic acids is 1. The molecule has 1 aromatic carbocycles. The third-order valence-corrected chi connectivity index (χ3v) is 3.21. The van der Waals surface area contributed by atoms with Gasteiger partial charge in [0.25, 0.3) is 0 Å².